The fraction of sp³-hybridized carbons (Fsp3) is 0.533. The average Bonchev–Trinajstić information content (AvgIpc) is 2.77. The van der Waals surface area contributed by atoms with Gasteiger partial charge in [-0.05, 0) is 23.0 Å². The Labute approximate surface area is 118 Å². The molecule has 5 heteroatoms. The third-order valence-electron chi connectivity index (χ3n) is 5.01. The zero-order valence-electron chi connectivity index (χ0n) is 12.2. The molecular weight excluding hydrogens is 258 g/mol. The van der Waals surface area contributed by atoms with E-state index in [2.05, 4.69) is 27.7 Å². The number of carbonyl (C=O) groups excluding carboxylic acids is 1. The lowest BCUT2D eigenvalue weighted by atomic mass is 10.0. The van der Waals surface area contributed by atoms with Crippen LogP contribution in [0.25, 0.3) is 0 Å². The first-order valence-corrected chi connectivity index (χ1v) is 6.59. The number of nitro benzene ring substituents is 1. The lowest BCUT2D eigenvalue weighted by molar-refractivity contribution is -0.384. The molecule has 0 heterocycles. The molecule has 1 saturated carbocycles. The van der Waals surface area contributed by atoms with Gasteiger partial charge in [-0.15, -0.1) is 0 Å². The van der Waals surface area contributed by atoms with Gasteiger partial charge in [0.2, 0.25) is 0 Å². The van der Waals surface area contributed by atoms with Crippen LogP contribution in [-0.4, -0.2) is 17.5 Å². The van der Waals surface area contributed by atoms with E-state index < -0.39 is 10.9 Å². The van der Waals surface area contributed by atoms with Gasteiger partial charge in [0.05, 0.1) is 17.1 Å². The second-order valence-corrected chi connectivity index (χ2v) is 6.40. The second-order valence-electron chi connectivity index (χ2n) is 6.40. The van der Waals surface area contributed by atoms with E-state index in [0.29, 0.717) is 18.1 Å². The highest BCUT2D eigenvalue weighted by molar-refractivity contribution is 5.89. The standard InChI is InChI=1S/C15H19NO4/c1-14(2)12(15(14,3)4)9-20-13(17)10-5-7-11(8-6-10)16(18)19/h5-8,12H,9H2,1-4H3. The molecule has 1 aromatic carbocycles. The molecule has 1 aromatic rings. The van der Waals surface area contributed by atoms with Crippen LogP contribution in [0.2, 0.25) is 0 Å². The molecule has 20 heavy (non-hydrogen) atoms. The molecule has 5 nitrogen and oxygen atoms in total. The van der Waals surface area contributed by atoms with E-state index in [1.165, 1.54) is 24.3 Å². The minimum Gasteiger partial charge on any atom is -0.462 e. The zero-order valence-corrected chi connectivity index (χ0v) is 12.2. The van der Waals surface area contributed by atoms with Crippen molar-refractivity contribution in [3.05, 3.63) is 39.9 Å². The Morgan fingerprint density at radius 3 is 2.10 bits per heavy atom. The number of ether oxygens (including phenoxy) is 1. The van der Waals surface area contributed by atoms with Crippen molar-refractivity contribution < 1.29 is 14.5 Å². The highest BCUT2D eigenvalue weighted by atomic mass is 16.6. The highest BCUT2D eigenvalue weighted by Gasteiger charge is 2.64. The molecule has 0 saturated heterocycles. The molecule has 0 aliphatic heterocycles. The minimum atomic E-state index is -0.496. The number of nitrogens with zero attached hydrogens (tertiary/aromatic N) is 1. The van der Waals surface area contributed by atoms with E-state index in [-0.39, 0.29) is 16.5 Å². The van der Waals surface area contributed by atoms with Gasteiger partial charge in [0.1, 0.15) is 0 Å². The van der Waals surface area contributed by atoms with E-state index in [1.54, 1.807) is 0 Å². The lowest BCUT2D eigenvalue weighted by Gasteiger charge is -2.05. The van der Waals surface area contributed by atoms with Crippen molar-refractivity contribution in [2.24, 2.45) is 16.7 Å². The van der Waals surface area contributed by atoms with Crippen LogP contribution in [0.5, 0.6) is 0 Å². The Kier molecular flexibility index (Phi) is 3.32. The number of hydrogen-bond donors (Lipinski definition) is 0. The summed E-state index contributed by atoms with van der Waals surface area (Å²) in [6.07, 6.45) is 0. The van der Waals surface area contributed by atoms with Crippen molar-refractivity contribution >= 4 is 11.7 Å². The molecule has 2 rings (SSSR count). The summed E-state index contributed by atoms with van der Waals surface area (Å²) in [6, 6.07) is 5.45. The number of nitro groups is 1. The van der Waals surface area contributed by atoms with Gasteiger partial charge >= 0.3 is 5.97 Å². The summed E-state index contributed by atoms with van der Waals surface area (Å²) in [4.78, 5) is 21.9. The van der Waals surface area contributed by atoms with Gasteiger partial charge in [0.15, 0.2) is 0 Å². The molecule has 1 aliphatic carbocycles. The highest BCUT2D eigenvalue weighted by Crippen LogP contribution is 2.68. The van der Waals surface area contributed by atoms with Crippen molar-refractivity contribution in [3.8, 4) is 0 Å². The van der Waals surface area contributed by atoms with Crippen molar-refractivity contribution in [1.82, 2.24) is 0 Å². The van der Waals surface area contributed by atoms with E-state index in [0.717, 1.165) is 0 Å². The second kappa shape index (κ2) is 4.58. The van der Waals surface area contributed by atoms with Gasteiger partial charge in [-0.3, -0.25) is 10.1 Å². The van der Waals surface area contributed by atoms with E-state index >= 15 is 0 Å². The molecular formula is C15H19NO4. The fourth-order valence-electron chi connectivity index (χ4n) is 2.71. The summed E-state index contributed by atoms with van der Waals surface area (Å²) in [5.74, 6) is -0.0876. The van der Waals surface area contributed by atoms with Crippen molar-refractivity contribution in [2.45, 2.75) is 27.7 Å². The summed E-state index contributed by atoms with van der Waals surface area (Å²) in [7, 11) is 0. The molecule has 0 radical (unpaired) electrons. The summed E-state index contributed by atoms with van der Waals surface area (Å²) < 4.78 is 5.31. The molecule has 0 amide bonds. The van der Waals surface area contributed by atoms with Gasteiger partial charge in [0, 0.05) is 18.1 Å². The number of esters is 1. The first-order valence-electron chi connectivity index (χ1n) is 6.59. The van der Waals surface area contributed by atoms with Crippen LogP contribution in [0, 0.1) is 26.9 Å². The number of non-ortho nitro benzene ring substituents is 1. The maximum absolute atomic E-state index is 11.9. The van der Waals surface area contributed by atoms with E-state index in [4.69, 9.17) is 4.74 Å². The number of carbonyl (C=O) groups is 1. The maximum Gasteiger partial charge on any atom is 0.338 e. The van der Waals surface area contributed by atoms with Gasteiger partial charge in [-0.25, -0.2) is 4.79 Å². The molecule has 108 valence electrons. The lowest BCUT2D eigenvalue weighted by Crippen LogP contribution is -2.10. The molecule has 0 N–H and O–H groups in total. The summed E-state index contributed by atoms with van der Waals surface area (Å²) in [6.45, 7) is 9.04. The number of rotatable bonds is 4. The molecule has 1 fully saturated rings. The van der Waals surface area contributed by atoms with Crippen LogP contribution in [0.4, 0.5) is 5.69 Å². The Hall–Kier alpha value is -1.91. The van der Waals surface area contributed by atoms with Crippen LogP contribution in [0.15, 0.2) is 24.3 Å². The normalized spacial score (nSPS) is 19.4. The quantitative estimate of drug-likeness (QED) is 0.480. The van der Waals surface area contributed by atoms with Gasteiger partial charge in [-0.1, -0.05) is 27.7 Å². The fourth-order valence-corrected chi connectivity index (χ4v) is 2.71. The molecule has 1 aliphatic rings. The molecule has 0 bridgehead atoms. The summed E-state index contributed by atoms with van der Waals surface area (Å²) >= 11 is 0. The number of hydrogen-bond acceptors (Lipinski definition) is 4. The predicted octanol–water partition coefficient (Wildman–Crippen LogP) is 3.43. The van der Waals surface area contributed by atoms with Gasteiger partial charge in [0.25, 0.3) is 5.69 Å². The Morgan fingerprint density at radius 2 is 1.70 bits per heavy atom. The van der Waals surface area contributed by atoms with E-state index in [9.17, 15) is 14.9 Å². The van der Waals surface area contributed by atoms with E-state index in [1.807, 2.05) is 0 Å². The predicted molar refractivity (Wildman–Crippen MR) is 74.4 cm³/mol. The molecule has 0 spiro atoms. The monoisotopic (exact) mass is 277 g/mol. The smallest absolute Gasteiger partial charge is 0.338 e. The van der Waals surface area contributed by atoms with Crippen molar-refractivity contribution in [3.63, 3.8) is 0 Å². The van der Waals surface area contributed by atoms with Gasteiger partial charge in [-0.2, -0.15) is 0 Å². The zero-order chi connectivity index (χ0) is 15.1. The average molecular weight is 277 g/mol. The number of benzene rings is 1. The molecule has 0 aromatic heterocycles. The SMILES string of the molecule is CC1(C)C(COC(=O)c2ccc([N+](=O)[O-])cc2)C1(C)C. The topological polar surface area (TPSA) is 69.4 Å². The molecule has 0 unspecified atom stereocenters. The molecule has 0 atom stereocenters. The van der Waals surface area contributed by atoms with Crippen LogP contribution in [0.3, 0.4) is 0 Å². The Morgan fingerprint density at radius 1 is 1.20 bits per heavy atom. The minimum absolute atomic E-state index is 0.0361. The van der Waals surface area contributed by atoms with Gasteiger partial charge < -0.3 is 4.74 Å². The van der Waals surface area contributed by atoms with Crippen LogP contribution < -0.4 is 0 Å². The largest absolute Gasteiger partial charge is 0.462 e. The Balaban J connectivity index is 1.95. The third kappa shape index (κ3) is 2.28. The summed E-state index contributed by atoms with van der Waals surface area (Å²) in [5, 5.41) is 10.5. The van der Waals surface area contributed by atoms with Crippen LogP contribution >= 0.6 is 0 Å². The van der Waals surface area contributed by atoms with Crippen LogP contribution in [-0.2, 0) is 4.74 Å². The van der Waals surface area contributed by atoms with Crippen molar-refractivity contribution in [1.29, 1.82) is 0 Å². The Bertz CT molecular complexity index is 531. The van der Waals surface area contributed by atoms with Crippen LogP contribution in [0.1, 0.15) is 38.1 Å². The first kappa shape index (κ1) is 14.5. The first-order chi connectivity index (χ1) is 9.18. The van der Waals surface area contributed by atoms with Crippen molar-refractivity contribution in [2.75, 3.05) is 6.61 Å². The third-order valence-corrected chi connectivity index (χ3v) is 5.01. The maximum atomic E-state index is 11.9. The summed E-state index contributed by atoms with van der Waals surface area (Å²) in [5.41, 5.74) is 0.642.